The van der Waals surface area contributed by atoms with Gasteiger partial charge in [-0.1, -0.05) is 20.4 Å². The summed E-state index contributed by atoms with van der Waals surface area (Å²) in [4.78, 5) is 28.0. The molecule has 0 aliphatic heterocycles. The molecule has 0 saturated carbocycles. The summed E-state index contributed by atoms with van der Waals surface area (Å²) in [5.74, 6) is -0.410. The fourth-order valence-corrected chi connectivity index (χ4v) is 2.25. The molecule has 1 aromatic rings. The molecule has 1 aromatic heterocycles. The molecule has 1 rings (SSSR count). The number of alkyl carbamates (subject to hydrolysis) is 1. The fraction of sp³-hybridized carbons (Fsp3) is 0.526. The zero-order valence-corrected chi connectivity index (χ0v) is 15.7. The van der Waals surface area contributed by atoms with E-state index in [9.17, 15) is 9.59 Å². The SMILES string of the molecule is C=Cc1nc(C(C)(C)CCNC(=O)OC(C)C)ccc1C(=O)OCC. The first kappa shape index (κ1) is 20.7. The molecule has 0 spiro atoms. The van der Waals surface area contributed by atoms with Crippen molar-refractivity contribution in [2.75, 3.05) is 13.2 Å². The Kier molecular flexibility index (Phi) is 7.61. The first-order chi connectivity index (χ1) is 11.7. The summed E-state index contributed by atoms with van der Waals surface area (Å²) in [7, 11) is 0. The van der Waals surface area contributed by atoms with Gasteiger partial charge in [0.2, 0.25) is 0 Å². The number of pyridine rings is 1. The highest BCUT2D eigenvalue weighted by Gasteiger charge is 2.24. The molecule has 6 nitrogen and oxygen atoms in total. The summed E-state index contributed by atoms with van der Waals surface area (Å²) in [6, 6.07) is 3.52. The lowest BCUT2D eigenvalue weighted by atomic mass is 9.84. The molecule has 0 unspecified atom stereocenters. The molecule has 0 aliphatic rings. The highest BCUT2D eigenvalue weighted by molar-refractivity contribution is 5.92. The van der Waals surface area contributed by atoms with Crippen LogP contribution in [0.2, 0.25) is 0 Å². The zero-order valence-electron chi connectivity index (χ0n) is 15.7. The summed E-state index contributed by atoms with van der Waals surface area (Å²) in [5.41, 5.74) is 1.41. The van der Waals surface area contributed by atoms with Crippen LogP contribution in [0.1, 0.15) is 62.8 Å². The van der Waals surface area contributed by atoms with Gasteiger partial charge in [-0.25, -0.2) is 9.59 Å². The Morgan fingerprint density at radius 1 is 1.36 bits per heavy atom. The predicted molar refractivity (Wildman–Crippen MR) is 97.5 cm³/mol. The van der Waals surface area contributed by atoms with Crippen LogP contribution >= 0.6 is 0 Å². The zero-order chi connectivity index (χ0) is 19.0. The van der Waals surface area contributed by atoms with Crippen LogP contribution < -0.4 is 5.32 Å². The predicted octanol–water partition coefficient (Wildman–Crippen LogP) is 3.70. The van der Waals surface area contributed by atoms with E-state index in [1.54, 1.807) is 32.9 Å². The molecule has 0 radical (unpaired) electrons. The lowest BCUT2D eigenvalue weighted by Gasteiger charge is -2.25. The smallest absolute Gasteiger partial charge is 0.407 e. The second-order valence-corrected chi connectivity index (χ2v) is 6.57. The number of carbonyl (C=O) groups is 2. The minimum absolute atomic E-state index is 0.153. The van der Waals surface area contributed by atoms with Gasteiger partial charge in [0.05, 0.1) is 24.0 Å². The summed E-state index contributed by atoms with van der Waals surface area (Å²) in [5, 5.41) is 2.73. The van der Waals surface area contributed by atoms with Crippen molar-refractivity contribution in [3.8, 4) is 0 Å². The lowest BCUT2D eigenvalue weighted by Crippen LogP contribution is -2.32. The maximum atomic E-state index is 11.9. The number of esters is 1. The van der Waals surface area contributed by atoms with Crippen molar-refractivity contribution in [2.45, 2.75) is 52.6 Å². The molecule has 0 saturated heterocycles. The van der Waals surface area contributed by atoms with Gasteiger partial charge >= 0.3 is 12.1 Å². The minimum Gasteiger partial charge on any atom is -0.462 e. The van der Waals surface area contributed by atoms with Gasteiger partial charge in [-0.3, -0.25) is 4.98 Å². The van der Waals surface area contributed by atoms with Crippen molar-refractivity contribution in [1.82, 2.24) is 10.3 Å². The third-order valence-electron chi connectivity index (χ3n) is 3.67. The molecule has 0 fully saturated rings. The first-order valence-electron chi connectivity index (χ1n) is 8.46. The monoisotopic (exact) mass is 348 g/mol. The standard InChI is InChI=1S/C19H28N2O4/c1-7-15-14(17(22)24-8-2)9-10-16(21-15)19(5,6)11-12-20-18(23)25-13(3)4/h7,9-10,13H,1,8,11-12H2,2-6H3,(H,20,23). The van der Waals surface area contributed by atoms with Crippen molar-refractivity contribution in [2.24, 2.45) is 0 Å². The third kappa shape index (κ3) is 6.21. The van der Waals surface area contributed by atoms with E-state index in [1.807, 2.05) is 19.9 Å². The van der Waals surface area contributed by atoms with E-state index < -0.39 is 12.1 Å². The first-order valence-corrected chi connectivity index (χ1v) is 8.46. The quantitative estimate of drug-likeness (QED) is 0.725. The molecule has 0 aliphatic carbocycles. The molecule has 138 valence electrons. The molecule has 0 bridgehead atoms. The number of amides is 1. The van der Waals surface area contributed by atoms with Gasteiger partial charge in [-0.05, 0) is 45.4 Å². The Morgan fingerprint density at radius 3 is 2.60 bits per heavy atom. The van der Waals surface area contributed by atoms with E-state index in [2.05, 4.69) is 16.9 Å². The summed E-state index contributed by atoms with van der Waals surface area (Å²) >= 11 is 0. The molecule has 1 amide bonds. The van der Waals surface area contributed by atoms with Gasteiger partial charge in [0.15, 0.2) is 0 Å². The lowest BCUT2D eigenvalue weighted by molar-refractivity contribution is 0.0525. The van der Waals surface area contributed by atoms with E-state index in [1.165, 1.54) is 0 Å². The van der Waals surface area contributed by atoms with Crippen LogP contribution in [0.25, 0.3) is 6.08 Å². The van der Waals surface area contributed by atoms with Gasteiger partial charge in [0.1, 0.15) is 0 Å². The number of nitrogens with zero attached hydrogens (tertiary/aromatic N) is 1. The van der Waals surface area contributed by atoms with Crippen molar-refractivity contribution in [3.05, 3.63) is 35.7 Å². The topological polar surface area (TPSA) is 77.5 Å². The Hall–Kier alpha value is -2.37. The molecule has 0 aromatic carbocycles. The van der Waals surface area contributed by atoms with E-state index in [-0.39, 0.29) is 11.5 Å². The minimum atomic E-state index is -0.428. The van der Waals surface area contributed by atoms with Crippen molar-refractivity contribution < 1.29 is 19.1 Å². The van der Waals surface area contributed by atoms with Gasteiger partial charge in [0, 0.05) is 17.7 Å². The van der Waals surface area contributed by atoms with Crippen LogP contribution in [-0.2, 0) is 14.9 Å². The van der Waals surface area contributed by atoms with Crippen molar-refractivity contribution >= 4 is 18.1 Å². The number of nitrogens with one attached hydrogen (secondary N) is 1. The van der Waals surface area contributed by atoms with Crippen LogP contribution in [0.15, 0.2) is 18.7 Å². The second-order valence-electron chi connectivity index (χ2n) is 6.57. The molecule has 6 heteroatoms. The normalized spacial score (nSPS) is 11.1. The van der Waals surface area contributed by atoms with E-state index in [4.69, 9.17) is 9.47 Å². The third-order valence-corrected chi connectivity index (χ3v) is 3.67. The number of ether oxygens (including phenoxy) is 2. The average Bonchev–Trinajstić information content (AvgIpc) is 2.53. The largest absolute Gasteiger partial charge is 0.462 e. The Labute approximate surface area is 149 Å². The maximum Gasteiger partial charge on any atom is 0.407 e. The Morgan fingerprint density at radius 2 is 2.04 bits per heavy atom. The summed E-state index contributed by atoms with van der Waals surface area (Å²) < 4.78 is 10.1. The number of rotatable bonds is 8. The molecule has 1 N–H and O–H groups in total. The number of carbonyl (C=O) groups excluding carboxylic acids is 2. The number of hydrogen-bond acceptors (Lipinski definition) is 5. The highest BCUT2D eigenvalue weighted by atomic mass is 16.6. The van der Waals surface area contributed by atoms with Crippen LogP contribution in [-0.4, -0.2) is 36.3 Å². The van der Waals surface area contributed by atoms with Crippen molar-refractivity contribution in [3.63, 3.8) is 0 Å². The molecule has 0 atom stereocenters. The Bertz CT molecular complexity index is 624. The van der Waals surface area contributed by atoms with Crippen molar-refractivity contribution in [1.29, 1.82) is 0 Å². The molecular weight excluding hydrogens is 320 g/mol. The Balaban J connectivity index is 2.82. The number of aromatic nitrogens is 1. The van der Waals surface area contributed by atoms with E-state index in [0.717, 1.165) is 5.69 Å². The van der Waals surface area contributed by atoms with Gasteiger partial charge in [-0.2, -0.15) is 0 Å². The summed E-state index contributed by atoms with van der Waals surface area (Å²) in [6.45, 7) is 13.9. The van der Waals surface area contributed by atoms with Gasteiger partial charge < -0.3 is 14.8 Å². The number of hydrogen-bond donors (Lipinski definition) is 1. The van der Waals surface area contributed by atoms with Crippen LogP contribution in [0.5, 0.6) is 0 Å². The highest BCUT2D eigenvalue weighted by Crippen LogP contribution is 2.26. The van der Waals surface area contributed by atoms with Gasteiger partial charge in [-0.15, -0.1) is 0 Å². The summed E-state index contributed by atoms with van der Waals surface area (Å²) in [6.07, 6.45) is 1.63. The second kappa shape index (κ2) is 9.20. The molecule has 25 heavy (non-hydrogen) atoms. The molecular formula is C19H28N2O4. The van der Waals surface area contributed by atoms with E-state index >= 15 is 0 Å². The molecule has 1 heterocycles. The van der Waals surface area contributed by atoms with Crippen LogP contribution in [0.4, 0.5) is 4.79 Å². The van der Waals surface area contributed by atoms with E-state index in [0.29, 0.717) is 30.8 Å². The van der Waals surface area contributed by atoms with Gasteiger partial charge in [0.25, 0.3) is 0 Å². The van der Waals surface area contributed by atoms with Crippen LogP contribution in [0.3, 0.4) is 0 Å². The average molecular weight is 348 g/mol. The van der Waals surface area contributed by atoms with Crippen LogP contribution in [0, 0.1) is 0 Å². The fourth-order valence-electron chi connectivity index (χ4n) is 2.25. The maximum absolute atomic E-state index is 11.9.